The number of ether oxygens (including phenoxy) is 3. The number of carbonyl (C=O) groups is 6. The third kappa shape index (κ3) is 30.9. The maximum atomic E-state index is 14.1. The highest BCUT2D eigenvalue weighted by Gasteiger charge is 2.31. The number of esters is 3. The van der Waals surface area contributed by atoms with Gasteiger partial charge in [0.05, 0.1) is 19.8 Å². The second kappa shape index (κ2) is 42.4. The van der Waals surface area contributed by atoms with E-state index in [1.807, 2.05) is 0 Å². The summed E-state index contributed by atoms with van der Waals surface area (Å²) >= 11 is 0. The number of unbranched alkanes of at least 4 members (excludes halogenated alkanes) is 27. The van der Waals surface area contributed by atoms with Gasteiger partial charge in [-0.3, -0.25) is 14.4 Å². The maximum absolute atomic E-state index is 14.1. The van der Waals surface area contributed by atoms with E-state index < -0.39 is 53.8 Å². The fourth-order valence-electron chi connectivity index (χ4n) is 8.74. The number of hydrogen-bond donors (Lipinski definition) is 3. The van der Waals surface area contributed by atoms with Crippen LogP contribution in [-0.2, 0) is 28.6 Å². The summed E-state index contributed by atoms with van der Waals surface area (Å²) < 4.78 is 16.9. The molecule has 3 atom stereocenters. The van der Waals surface area contributed by atoms with Crippen molar-refractivity contribution in [2.45, 2.75) is 273 Å². The fourth-order valence-corrected chi connectivity index (χ4v) is 8.74. The van der Waals surface area contributed by atoms with Gasteiger partial charge in [-0.1, -0.05) is 236 Å². The van der Waals surface area contributed by atoms with Crippen LogP contribution in [0.25, 0.3) is 0 Å². The monoisotopic (exact) mass is 1010 g/mol. The first-order chi connectivity index (χ1) is 34.7. The van der Waals surface area contributed by atoms with Crippen LogP contribution in [0.15, 0.2) is 18.2 Å². The van der Waals surface area contributed by atoms with E-state index in [2.05, 4.69) is 36.7 Å². The standard InChI is InChI=1S/C60H105N3O9/c1-10-13-16-19-22-25-28-31-34-37-40-70-58(67)52(46(4)5)61-55(64)49-43-50(56(65)62-53(47(6)7)59(68)71-41-38-35-32-29-26-23-20-17-14-11-2)45-51(44-49)57(66)63-54(48(8)9)60(69)72-42-39-36-33-30-27-24-21-18-15-12-3/h43-48,52-54H,10-42H2,1-9H3,(H,61,64)(H,62,65)(H,63,66)/t52-,53-,54+/m0/s1. The molecule has 1 aromatic carbocycles. The average molecular weight is 1010 g/mol. The lowest BCUT2D eigenvalue weighted by Gasteiger charge is -2.23. The molecule has 0 aliphatic carbocycles. The van der Waals surface area contributed by atoms with E-state index in [1.165, 1.54) is 134 Å². The molecule has 0 spiro atoms. The molecule has 0 heterocycles. The van der Waals surface area contributed by atoms with Crippen LogP contribution >= 0.6 is 0 Å². The summed E-state index contributed by atoms with van der Waals surface area (Å²) in [5, 5.41) is 8.38. The summed E-state index contributed by atoms with van der Waals surface area (Å²) in [4.78, 5) is 82.4. The van der Waals surface area contributed by atoms with Crippen LogP contribution in [-0.4, -0.2) is 73.6 Å². The Bertz CT molecular complexity index is 1430. The second-order valence-corrected chi connectivity index (χ2v) is 21.4. The first-order valence-corrected chi connectivity index (χ1v) is 29.3. The highest BCUT2D eigenvalue weighted by Crippen LogP contribution is 2.18. The molecule has 72 heavy (non-hydrogen) atoms. The Hall–Kier alpha value is -3.96. The minimum Gasteiger partial charge on any atom is -0.464 e. The zero-order valence-electron chi connectivity index (χ0n) is 47.2. The Morgan fingerprint density at radius 3 is 0.681 bits per heavy atom. The average Bonchev–Trinajstić information content (AvgIpc) is 3.35. The zero-order valence-corrected chi connectivity index (χ0v) is 47.2. The molecule has 0 aliphatic rings. The number of amides is 3. The van der Waals surface area contributed by atoms with Crippen molar-refractivity contribution in [2.75, 3.05) is 19.8 Å². The van der Waals surface area contributed by atoms with Gasteiger partial charge >= 0.3 is 17.9 Å². The molecule has 0 saturated heterocycles. The van der Waals surface area contributed by atoms with Crippen LogP contribution in [0.5, 0.6) is 0 Å². The van der Waals surface area contributed by atoms with Crippen molar-refractivity contribution in [3.63, 3.8) is 0 Å². The predicted molar refractivity (Wildman–Crippen MR) is 293 cm³/mol. The van der Waals surface area contributed by atoms with Crippen LogP contribution in [0.4, 0.5) is 0 Å². The summed E-state index contributed by atoms with van der Waals surface area (Å²) in [5.41, 5.74) is -0.180. The van der Waals surface area contributed by atoms with Crippen molar-refractivity contribution in [3.8, 4) is 0 Å². The van der Waals surface area contributed by atoms with Crippen LogP contribution in [0.3, 0.4) is 0 Å². The van der Waals surface area contributed by atoms with Gasteiger partial charge in [0, 0.05) is 16.7 Å². The van der Waals surface area contributed by atoms with E-state index in [-0.39, 0.29) is 54.3 Å². The van der Waals surface area contributed by atoms with Crippen molar-refractivity contribution >= 4 is 35.6 Å². The van der Waals surface area contributed by atoms with Gasteiger partial charge in [0.2, 0.25) is 0 Å². The van der Waals surface area contributed by atoms with Gasteiger partial charge in [0.1, 0.15) is 18.1 Å². The zero-order chi connectivity index (χ0) is 53.4. The van der Waals surface area contributed by atoms with E-state index >= 15 is 0 Å². The number of carbonyl (C=O) groups excluding carboxylic acids is 6. The Labute approximate surface area is 438 Å². The van der Waals surface area contributed by atoms with Crippen molar-refractivity contribution in [1.29, 1.82) is 0 Å². The molecule has 12 heteroatoms. The number of nitrogens with one attached hydrogen (secondary N) is 3. The summed E-state index contributed by atoms with van der Waals surface area (Å²) in [6.45, 7) is 18.2. The molecule has 0 bridgehead atoms. The van der Waals surface area contributed by atoms with Gasteiger partial charge in [0.25, 0.3) is 17.7 Å². The first kappa shape index (κ1) is 66.1. The predicted octanol–water partition coefficient (Wildman–Crippen LogP) is 14.3. The van der Waals surface area contributed by atoms with Crippen molar-refractivity contribution in [2.24, 2.45) is 17.8 Å². The Morgan fingerprint density at radius 2 is 0.500 bits per heavy atom. The number of benzene rings is 1. The van der Waals surface area contributed by atoms with Crippen LogP contribution in [0.1, 0.15) is 286 Å². The quantitative estimate of drug-likeness (QED) is 0.0327. The highest BCUT2D eigenvalue weighted by molar-refractivity contribution is 6.06. The number of rotatable bonds is 45. The largest absolute Gasteiger partial charge is 0.464 e. The summed E-state index contributed by atoms with van der Waals surface area (Å²) in [6, 6.07) is 1.01. The Balaban J connectivity index is 3.16. The van der Waals surface area contributed by atoms with Gasteiger partial charge in [-0.15, -0.1) is 0 Å². The minimum absolute atomic E-state index is 0.0600. The number of hydrogen-bond acceptors (Lipinski definition) is 9. The second-order valence-electron chi connectivity index (χ2n) is 21.4. The van der Waals surface area contributed by atoms with E-state index in [9.17, 15) is 28.8 Å². The molecule has 1 rings (SSSR count). The van der Waals surface area contributed by atoms with Crippen molar-refractivity contribution < 1.29 is 43.0 Å². The lowest BCUT2D eigenvalue weighted by atomic mass is 9.99. The SMILES string of the molecule is CCCCCCCCCCCCOC(=O)[C@@H](NC(=O)c1cc(C(=O)N[C@H](C(=O)OCCCCCCCCCCCC)C(C)C)cc(C(=O)N[C@@H](C(=O)OCCCCCCCCCCCC)C(C)C)c1)C(C)C. The molecule has 0 radical (unpaired) electrons. The molecular formula is C60H105N3O9. The Morgan fingerprint density at radius 1 is 0.319 bits per heavy atom. The third-order valence-electron chi connectivity index (χ3n) is 13.6. The minimum atomic E-state index is -0.998. The molecule has 0 fully saturated rings. The van der Waals surface area contributed by atoms with Gasteiger partial charge in [-0.2, -0.15) is 0 Å². The van der Waals surface area contributed by atoms with E-state index in [1.54, 1.807) is 41.5 Å². The van der Waals surface area contributed by atoms with Crippen molar-refractivity contribution in [3.05, 3.63) is 34.9 Å². The van der Waals surface area contributed by atoms with Gasteiger partial charge in [0.15, 0.2) is 0 Å². The third-order valence-corrected chi connectivity index (χ3v) is 13.6. The molecule has 0 aromatic heterocycles. The summed E-state index contributed by atoms with van der Waals surface area (Å²) in [7, 11) is 0. The van der Waals surface area contributed by atoms with E-state index in [0.29, 0.717) is 0 Å². The lowest BCUT2D eigenvalue weighted by molar-refractivity contribution is -0.148. The Kier molecular flexibility index (Phi) is 38.9. The molecule has 414 valence electrons. The van der Waals surface area contributed by atoms with Gasteiger partial charge in [-0.05, 0) is 55.2 Å². The highest BCUT2D eigenvalue weighted by atomic mass is 16.5. The lowest BCUT2D eigenvalue weighted by Crippen LogP contribution is -2.47. The van der Waals surface area contributed by atoms with E-state index in [0.717, 1.165) is 77.0 Å². The fraction of sp³-hybridized carbons (Fsp3) is 0.800. The van der Waals surface area contributed by atoms with Crippen LogP contribution in [0.2, 0.25) is 0 Å². The summed E-state index contributed by atoms with van der Waals surface area (Å²) in [6.07, 6.45) is 34.5. The van der Waals surface area contributed by atoms with E-state index in [4.69, 9.17) is 14.2 Å². The molecule has 0 aliphatic heterocycles. The van der Waals surface area contributed by atoms with Gasteiger partial charge in [-0.25, -0.2) is 14.4 Å². The molecule has 12 nitrogen and oxygen atoms in total. The molecular weight excluding hydrogens is 907 g/mol. The topological polar surface area (TPSA) is 166 Å². The normalized spacial score (nSPS) is 12.7. The maximum Gasteiger partial charge on any atom is 0.328 e. The van der Waals surface area contributed by atoms with Gasteiger partial charge < -0.3 is 30.2 Å². The summed E-state index contributed by atoms with van der Waals surface area (Å²) in [5.74, 6) is -4.77. The van der Waals surface area contributed by atoms with Crippen molar-refractivity contribution in [1.82, 2.24) is 16.0 Å². The molecule has 0 saturated carbocycles. The smallest absolute Gasteiger partial charge is 0.328 e. The molecule has 1 aromatic rings. The molecule has 3 amide bonds. The van der Waals surface area contributed by atoms with Crippen LogP contribution in [0, 0.1) is 17.8 Å². The molecule has 3 N–H and O–H groups in total. The molecule has 0 unspecified atom stereocenters. The first-order valence-electron chi connectivity index (χ1n) is 29.3. The van der Waals surface area contributed by atoms with Crippen LogP contribution < -0.4 is 16.0 Å².